The first kappa shape index (κ1) is 14.0. The van der Waals surface area contributed by atoms with Crippen LogP contribution < -0.4 is 5.32 Å². The van der Waals surface area contributed by atoms with Crippen molar-refractivity contribution in [3.63, 3.8) is 0 Å². The van der Waals surface area contributed by atoms with Crippen molar-refractivity contribution in [2.24, 2.45) is 0 Å². The molecule has 4 nitrogen and oxygen atoms in total. The quantitative estimate of drug-likeness (QED) is 0.877. The van der Waals surface area contributed by atoms with Gasteiger partial charge in [0.15, 0.2) is 0 Å². The molecule has 0 radical (unpaired) electrons. The highest BCUT2D eigenvalue weighted by molar-refractivity contribution is 5.94. The summed E-state index contributed by atoms with van der Waals surface area (Å²) in [5.74, 6) is 0.140. The number of likely N-dealkylation sites (N-methyl/N-ethyl adjacent to an activating group) is 1. The Morgan fingerprint density at radius 3 is 2.79 bits per heavy atom. The van der Waals surface area contributed by atoms with Crippen molar-refractivity contribution in [1.82, 2.24) is 10.2 Å². The van der Waals surface area contributed by atoms with Gasteiger partial charge < -0.3 is 15.0 Å². The minimum atomic E-state index is 0.140. The number of nitrogens with zero attached hydrogens (tertiary/aromatic N) is 1. The summed E-state index contributed by atoms with van der Waals surface area (Å²) in [6.07, 6.45) is 2.19. The van der Waals surface area contributed by atoms with Crippen LogP contribution in [-0.4, -0.2) is 44.1 Å². The van der Waals surface area contributed by atoms with E-state index in [9.17, 15) is 4.79 Å². The SMILES string of the molecule is CNC[C@H]1CCCN1C(=O)c1ccc(COC)cc1. The Morgan fingerprint density at radius 1 is 1.42 bits per heavy atom. The van der Waals surface area contributed by atoms with E-state index in [1.807, 2.05) is 36.2 Å². The van der Waals surface area contributed by atoms with Crippen LogP contribution in [-0.2, 0) is 11.3 Å². The van der Waals surface area contributed by atoms with Crippen molar-refractivity contribution in [1.29, 1.82) is 0 Å². The Labute approximate surface area is 114 Å². The summed E-state index contributed by atoms with van der Waals surface area (Å²) in [6.45, 7) is 2.32. The van der Waals surface area contributed by atoms with Crippen LogP contribution in [0.5, 0.6) is 0 Å². The number of nitrogens with one attached hydrogen (secondary N) is 1. The second-order valence-corrected chi connectivity index (χ2v) is 4.98. The van der Waals surface area contributed by atoms with Crippen LogP contribution in [0.15, 0.2) is 24.3 Å². The lowest BCUT2D eigenvalue weighted by Gasteiger charge is -2.24. The number of carbonyl (C=O) groups excluding carboxylic acids is 1. The average Bonchev–Trinajstić information content (AvgIpc) is 2.88. The van der Waals surface area contributed by atoms with E-state index >= 15 is 0 Å². The molecular weight excluding hydrogens is 240 g/mol. The fourth-order valence-corrected chi connectivity index (χ4v) is 2.63. The van der Waals surface area contributed by atoms with Gasteiger partial charge in [-0.1, -0.05) is 12.1 Å². The van der Waals surface area contributed by atoms with Gasteiger partial charge >= 0.3 is 0 Å². The summed E-state index contributed by atoms with van der Waals surface area (Å²) in [5, 5.41) is 3.16. The highest BCUT2D eigenvalue weighted by atomic mass is 16.5. The molecule has 1 fully saturated rings. The zero-order valence-corrected chi connectivity index (χ0v) is 11.7. The van der Waals surface area contributed by atoms with Gasteiger partial charge in [0.25, 0.3) is 5.91 Å². The molecule has 1 saturated heterocycles. The van der Waals surface area contributed by atoms with E-state index < -0.39 is 0 Å². The predicted octanol–water partition coefficient (Wildman–Crippen LogP) is 1.66. The average molecular weight is 262 g/mol. The van der Waals surface area contributed by atoms with E-state index in [0.29, 0.717) is 12.6 Å². The monoisotopic (exact) mass is 262 g/mol. The molecule has 1 aliphatic rings. The largest absolute Gasteiger partial charge is 0.380 e. The second kappa shape index (κ2) is 6.68. The number of hydrogen-bond donors (Lipinski definition) is 1. The Balaban J connectivity index is 2.06. The van der Waals surface area contributed by atoms with E-state index in [4.69, 9.17) is 4.74 Å². The van der Waals surface area contributed by atoms with Crippen molar-refractivity contribution in [2.75, 3.05) is 27.2 Å². The molecule has 19 heavy (non-hydrogen) atoms. The maximum Gasteiger partial charge on any atom is 0.254 e. The number of ether oxygens (including phenoxy) is 1. The van der Waals surface area contributed by atoms with Gasteiger partial charge in [0.2, 0.25) is 0 Å². The lowest BCUT2D eigenvalue weighted by molar-refractivity contribution is 0.0737. The normalized spacial score (nSPS) is 18.8. The molecule has 0 saturated carbocycles. The predicted molar refractivity (Wildman–Crippen MR) is 75.1 cm³/mol. The van der Waals surface area contributed by atoms with Crippen molar-refractivity contribution in [3.05, 3.63) is 35.4 Å². The number of rotatable bonds is 5. The lowest BCUT2D eigenvalue weighted by Crippen LogP contribution is -2.40. The molecule has 4 heteroatoms. The number of methoxy groups -OCH3 is 1. The summed E-state index contributed by atoms with van der Waals surface area (Å²) in [4.78, 5) is 14.5. The van der Waals surface area contributed by atoms with E-state index in [2.05, 4.69) is 5.32 Å². The first-order valence-corrected chi connectivity index (χ1v) is 6.79. The number of hydrogen-bond acceptors (Lipinski definition) is 3. The Hall–Kier alpha value is -1.39. The van der Waals surface area contributed by atoms with Gasteiger partial charge in [0, 0.05) is 31.8 Å². The summed E-state index contributed by atoms with van der Waals surface area (Å²) in [6, 6.07) is 8.03. The Kier molecular flexibility index (Phi) is 4.93. The molecule has 1 heterocycles. The minimum absolute atomic E-state index is 0.140. The fraction of sp³-hybridized carbons (Fsp3) is 0.533. The molecule has 1 aliphatic heterocycles. The van der Waals surface area contributed by atoms with E-state index in [0.717, 1.165) is 37.1 Å². The fourth-order valence-electron chi connectivity index (χ4n) is 2.63. The third-order valence-electron chi connectivity index (χ3n) is 3.59. The van der Waals surface area contributed by atoms with Gasteiger partial charge in [-0.3, -0.25) is 4.79 Å². The Bertz CT molecular complexity index is 417. The molecular formula is C15H22N2O2. The topological polar surface area (TPSA) is 41.6 Å². The second-order valence-electron chi connectivity index (χ2n) is 4.98. The molecule has 1 atom stereocenters. The van der Waals surface area contributed by atoms with Gasteiger partial charge in [0.05, 0.1) is 6.61 Å². The summed E-state index contributed by atoms with van der Waals surface area (Å²) >= 11 is 0. The lowest BCUT2D eigenvalue weighted by atomic mass is 10.1. The minimum Gasteiger partial charge on any atom is -0.380 e. The number of benzene rings is 1. The number of amides is 1. The molecule has 104 valence electrons. The summed E-state index contributed by atoms with van der Waals surface area (Å²) in [5.41, 5.74) is 1.86. The summed E-state index contributed by atoms with van der Waals surface area (Å²) in [7, 11) is 3.60. The summed E-state index contributed by atoms with van der Waals surface area (Å²) < 4.78 is 5.07. The van der Waals surface area contributed by atoms with Gasteiger partial charge in [-0.25, -0.2) is 0 Å². The molecule has 0 aliphatic carbocycles. The zero-order chi connectivity index (χ0) is 13.7. The Morgan fingerprint density at radius 2 is 2.16 bits per heavy atom. The molecule has 0 unspecified atom stereocenters. The highest BCUT2D eigenvalue weighted by Gasteiger charge is 2.28. The maximum atomic E-state index is 12.5. The molecule has 1 aromatic carbocycles. The third kappa shape index (κ3) is 3.33. The van der Waals surface area contributed by atoms with Gasteiger partial charge in [-0.05, 0) is 37.6 Å². The van der Waals surface area contributed by atoms with Crippen LogP contribution in [0, 0.1) is 0 Å². The van der Waals surface area contributed by atoms with E-state index in [1.54, 1.807) is 7.11 Å². The first-order chi connectivity index (χ1) is 9.26. The molecule has 1 N–H and O–H groups in total. The van der Waals surface area contributed by atoms with Crippen LogP contribution in [0.25, 0.3) is 0 Å². The standard InChI is InChI=1S/C15H22N2O2/c1-16-10-14-4-3-9-17(14)15(18)13-7-5-12(6-8-13)11-19-2/h5-8,14,16H,3-4,9-11H2,1-2H3/t14-/m1/s1. The zero-order valence-electron chi connectivity index (χ0n) is 11.7. The van der Waals surface area contributed by atoms with Crippen molar-refractivity contribution < 1.29 is 9.53 Å². The maximum absolute atomic E-state index is 12.5. The van der Waals surface area contributed by atoms with Gasteiger partial charge in [-0.2, -0.15) is 0 Å². The smallest absolute Gasteiger partial charge is 0.254 e. The van der Waals surface area contributed by atoms with Gasteiger partial charge in [0.1, 0.15) is 0 Å². The van der Waals surface area contributed by atoms with E-state index in [1.165, 1.54) is 0 Å². The van der Waals surface area contributed by atoms with Crippen molar-refractivity contribution in [3.8, 4) is 0 Å². The van der Waals surface area contributed by atoms with Gasteiger partial charge in [-0.15, -0.1) is 0 Å². The molecule has 0 spiro atoms. The molecule has 0 bridgehead atoms. The van der Waals surface area contributed by atoms with Crippen LogP contribution in [0.1, 0.15) is 28.8 Å². The van der Waals surface area contributed by atoms with Crippen LogP contribution in [0.3, 0.4) is 0 Å². The molecule has 1 amide bonds. The van der Waals surface area contributed by atoms with Crippen LogP contribution in [0.2, 0.25) is 0 Å². The molecule has 2 rings (SSSR count). The van der Waals surface area contributed by atoms with Crippen molar-refractivity contribution >= 4 is 5.91 Å². The van der Waals surface area contributed by atoms with Crippen LogP contribution >= 0.6 is 0 Å². The third-order valence-corrected chi connectivity index (χ3v) is 3.59. The first-order valence-electron chi connectivity index (χ1n) is 6.79. The van der Waals surface area contributed by atoms with Crippen molar-refractivity contribution in [2.45, 2.75) is 25.5 Å². The number of carbonyl (C=O) groups is 1. The molecule has 1 aromatic rings. The highest BCUT2D eigenvalue weighted by Crippen LogP contribution is 2.20. The van der Waals surface area contributed by atoms with Crippen LogP contribution in [0.4, 0.5) is 0 Å². The number of likely N-dealkylation sites (tertiary alicyclic amines) is 1. The molecule has 0 aromatic heterocycles. The van der Waals surface area contributed by atoms with E-state index in [-0.39, 0.29) is 5.91 Å².